The van der Waals surface area contributed by atoms with Crippen molar-refractivity contribution < 1.29 is 15.0 Å². The van der Waals surface area contributed by atoms with E-state index in [0.29, 0.717) is 13.0 Å². The molecule has 74 valence electrons. The molecule has 1 amide bonds. The van der Waals surface area contributed by atoms with Gasteiger partial charge in [-0.05, 0) is 18.9 Å². The van der Waals surface area contributed by atoms with Gasteiger partial charge in [-0.2, -0.15) is 0 Å². The maximum atomic E-state index is 11.2. The lowest BCUT2D eigenvalue weighted by atomic mass is 9.94. The summed E-state index contributed by atoms with van der Waals surface area (Å²) in [5.74, 6) is -0.188. The smallest absolute Gasteiger partial charge is 0.246 e. The van der Waals surface area contributed by atoms with Gasteiger partial charge in [0.1, 0.15) is 5.60 Å². The number of aliphatic hydroxyl groups excluding tert-OH is 1. The lowest BCUT2D eigenvalue weighted by Gasteiger charge is -2.37. The van der Waals surface area contributed by atoms with Gasteiger partial charge in [-0.3, -0.25) is 4.79 Å². The van der Waals surface area contributed by atoms with E-state index in [4.69, 9.17) is 5.11 Å². The lowest BCUT2D eigenvalue weighted by molar-refractivity contribution is -0.135. The van der Waals surface area contributed by atoms with Gasteiger partial charge in [-0.25, -0.2) is 0 Å². The quantitative estimate of drug-likeness (QED) is 0.571. The highest BCUT2D eigenvalue weighted by Crippen LogP contribution is 2.20. The molecule has 1 atom stereocenters. The Morgan fingerprint density at radius 2 is 2.38 bits per heavy atom. The summed E-state index contributed by atoms with van der Waals surface area (Å²) in [5, 5.41) is 18.6. The summed E-state index contributed by atoms with van der Waals surface area (Å²) in [6.45, 7) is 3.91. The molecule has 1 rings (SSSR count). The van der Waals surface area contributed by atoms with Gasteiger partial charge in [0.2, 0.25) is 5.91 Å². The molecule has 4 heteroatoms. The van der Waals surface area contributed by atoms with Crippen LogP contribution in [0.2, 0.25) is 0 Å². The van der Waals surface area contributed by atoms with E-state index < -0.39 is 5.60 Å². The Morgan fingerprint density at radius 3 is 2.92 bits per heavy atom. The van der Waals surface area contributed by atoms with Gasteiger partial charge in [0.05, 0.1) is 13.2 Å². The number of aliphatic hydroxyl groups is 2. The summed E-state index contributed by atoms with van der Waals surface area (Å²) in [6.07, 6.45) is 2.49. The average Bonchev–Trinajstić information content (AvgIpc) is 2.17. The molecule has 1 heterocycles. The Morgan fingerprint density at radius 1 is 1.69 bits per heavy atom. The van der Waals surface area contributed by atoms with E-state index in [1.165, 1.54) is 11.0 Å². The Kier molecular flexibility index (Phi) is 3.06. The summed E-state index contributed by atoms with van der Waals surface area (Å²) < 4.78 is 0. The monoisotopic (exact) mass is 185 g/mol. The van der Waals surface area contributed by atoms with E-state index in [0.717, 1.165) is 6.42 Å². The van der Waals surface area contributed by atoms with E-state index in [1.807, 2.05) is 0 Å². The molecule has 0 saturated carbocycles. The van der Waals surface area contributed by atoms with Crippen LogP contribution in [0.1, 0.15) is 12.8 Å². The second-order valence-electron chi connectivity index (χ2n) is 3.45. The predicted molar refractivity (Wildman–Crippen MR) is 48.0 cm³/mol. The molecular weight excluding hydrogens is 170 g/mol. The molecule has 0 bridgehead atoms. The lowest BCUT2D eigenvalue weighted by Crippen LogP contribution is -2.51. The molecule has 2 N–H and O–H groups in total. The molecule has 13 heavy (non-hydrogen) atoms. The fourth-order valence-corrected chi connectivity index (χ4v) is 1.56. The molecule has 1 aliphatic heterocycles. The van der Waals surface area contributed by atoms with Gasteiger partial charge in [-0.1, -0.05) is 6.58 Å². The molecule has 1 aliphatic rings. The standard InChI is InChI=1S/C9H15NO3/c1-2-8(12)10-5-3-4-9(13,6-10)7-11/h2,11,13H,1,3-7H2. The van der Waals surface area contributed by atoms with E-state index >= 15 is 0 Å². The Hall–Kier alpha value is -0.870. The fraction of sp³-hybridized carbons (Fsp3) is 0.667. The van der Waals surface area contributed by atoms with Crippen molar-refractivity contribution in [2.75, 3.05) is 19.7 Å². The number of hydrogen-bond acceptors (Lipinski definition) is 3. The van der Waals surface area contributed by atoms with Crippen molar-refractivity contribution in [2.24, 2.45) is 0 Å². The van der Waals surface area contributed by atoms with Crippen molar-refractivity contribution in [2.45, 2.75) is 18.4 Å². The highest BCUT2D eigenvalue weighted by molar-refractivity contribution is 5.87. The van der Waals surface area contributed by atoms with Gasteiger partial charge >= 0.3 is 0 Å². The number of nitrogens with zero attached hydrogens (tertiary/aromatic N) is 1. The van der Waals surface area contributed by atoms with Crippen LogP contribution < -0.4 is 0 Å². The third kappa shape index (κ3) is 2.29. The van der Waals surface area contributed by atoms with Gasteiger partial charge in [0.25, 0.3) is 0 Å². The first-order chi connectivity index (χ1) is 6.11. The second-order valence-corrected chi connectivity index (χ2v) is 3.45. The minimum absolute atomic E-state index is 0.188. The van der Waals surface area contributed by atoms with Crippen LogP contribution in [0.4, 0.5) is 0 Å². The molecule has 1 unspecified atom stereocenters. The number of β-amino-alcohol motifs (C(OH)–C–C–N with tert-alkyl or cyclic N) is 1. The predicted octanol–water partition coefficient (Wildman–Crippen LogP) is -0.482. The number of hydrogen-bond donors (Lipinski definition) is 2. The number of rotatable bonds is 2. The number of carbonyl (C=O) groups is 1. The maximum absolute atomic E-state index is 11.2. The van der Waals surface area contributed by atoms with Crippen molar-refractivity contribution in [3.63, 3.8) is 0 Å². The number of likely N-dealkylation sites (tertiary alicyclic amines) is 1. The van der Waals surface area contributed by atoms with Crippen molar-refractivity contribution >= 4 is 5.91 Å². The molecule has 0 radical (unpaired) electrons. The van der Waals surface area contributed by atoms with Crippen molar-refractivity contribution in [3.05, 3.63) is 12.7 Å². The first-order valence-electron chi connectivity index (χ1n) is 4.36. The molecule has 0 aromatic heterocycles. The van der Waals surface area contributed by atoms with Crippen molar-refractivity contribution in [1.29, 1.82) is 0 Å². The third-order valence-corrected chi connectivity index (χ3v) is 2.34. The highest BCUT2D eigenvalue weighted by atomic mass is 16.3. The zero-order valence-electron chi connectivity index (χ0n) is 7.57. The van der Waals surface area contributed by atoms with Crippen LogP contribution in [0.25, 0.3) is 0 Å². The van der Waals surface area contributed by atoms with Crippen LogP contribution in [0.3, 0.4) is 0 Å². The van der Waals surface area contributed by atoms with Gasteiger partial charge in [0.15, 0.2) is 0 Å². The average molecular weight is 185 g/mol. The van der Waals surface area contributed by atoms with Gasteiger partial charge in [0, 0.05) is 6.54 Å². The summed E-state index contributed by atoms with van der Waals surface area (Å²) in [4.78, 5) is 12.7. The van der Waals surface area contributed by atoms with Crippen LogP contribution in [-0.4, -0.2) is 46.3 Å². The first-order valence-corrected chi connectivity index (χ1v) is 4.36. The first kappa shape index (κ1) is 10.2. The van der Waals surface area contributed by atoms with E-state index in [9.17, 15) is 9.90 Å². The Labute approximate surface area is 77.5 Å². The van der Waals surface area contributed by atoms with E-state index in [2.05, 4.69) is 6.58 Å². The molecule has 0 aromatic carbocycles. The normalized spacial score (nSPS) is 28.6. The van der Waals surface area contributed by atoms with Crippen LogP contribution in [0, 0.1) is 0 Å². The van der Waals surface area contributed by atoms with E-state index in [1.54, 1.807) is 0 Å². The molecule has 0 aromatic rings. The molecule has 0 spiro atoms. The zero-order valence-corrected chi connectivity index (χ0v) is 7.57. The highest BCUT2D eigenvalue weighted by Gasteiger charge is 2.33. The summed E-state index contributed by atoms with van der Waals surface area (Å²) in [6, 6.07) is 0. The third-order valence-electron chi connectivity index (χ3n) is 2.34. The number of piperidine rings is 1. The molecule has 1 fully saturated rings. The van der Waals surface area contributed by atoms with Crippen molar-refractivity contribution in [1.82, 2.24) is 4.90 Å². The van der Waals surface area contributed by atoms with Crippen LogP contribution in [0.5, 0.6) is 0 Å². The van der Waals surface area contributed by atoms with Crippen LogP contribution in [-0.2, 0) is 4.79 Å². The molecule has 4 nitrogen and oxygen atoms in total. The summed E-state index contributed by atoms with van der Waals surface area (Å²) in [5.41, 5.74) is -1.11. The molecular formula is C9H15NO3. The number of carbonyl (C=O) groups excluding carboxylic acids is 1. The van der Waals surface area contributed by atoms with Crippen LogP contribution in [0.15, 0.2) is 12.7 Å². The Balaban J connectivity index is 2.61. The molecule has 0 aliphatic carbocycles. The van der Waals surface area contributed by atoms with Crippen molar-refractivity contribution in [3.8, 4) is 0 Å². The zero-order chi connectivity index (χ0) is 9.90. The maximum Gasteiger partial charge on any atom is 0.246 e. The van der Waals surface area contributed by atoms with E-state index in [-0.39, 0.29) is 19.1 Å². The number of amides is 1. The second kappa shape index (κ2) is 3.89. The summed E-state index contributed by atoms with van der Waals surface area (Å²) in [7, 11) is 0. The van der Waals surface area contributed by atoms with Gasteiger partial charge in [-0.15, -0.1) is 0 Å². The SMILES string of the molecule is C=CC(=O)N1CCCC(O)(CO)C1. The minimum atomic E-state index is -1.11. The molecule has 1 saturated heterocycles. The topological polar surface area (TPSA) is 60.8 Å². The fourth-order valence-electron chi connectivity index (χ4n) is 1.56. The summed E-state index contributed by atoms with van der Waals surface area (Å²) >= 11 is 0. The largest absolute Gasteiger partial charge is 0.393 e. The van der Waals surface area contributed by atoms with Gasteiger partial charge < -0.3 is 15.1 Å². The van der Waals surface area contributed by atoms with Crippen LogP contribution >= 0.6 is 0 Å². The Bertz CT molecular complexity index is 217. The minimum Gasteiger partial charge on any atom is -0.393 e.